The third kappa shape index (κ3) is 4.74. The van der Waals surface area contributed by atoms with Crippen molar-refractivity contribution < 1.29 is 9.53 Å². The van der Waals surface area contributed by atoms with Gasteiger partial charge in [-0.15, -0.1) is 5.10 Å². The van der Waals surface area contributed by atoms with Crippen molar-refractivity contribution in [2.24, 2.45) is 5.92 Å². The Hall–Kier alpha value is -3.07. The summed E-state index contributed by atoms with van der Waals surface area (Å²) in [6.07, 6.45) is 6.71. The number of pyridine rings is 1. The van der Waals surface area contributed by atoms with Crippen molar-refractivity contribution >= 4 is 16.9 Å². The van der Waals surface area contributed by atoms with Gasteiger partial charge in [0.15, 0.2) is 5.82 Å². The molecule has 9 nitrogen and oxygen atoms in total. The number of rotatable bonds is 7. The number of esters is 1. The van der Waals surface area contributed by atoms with Crippen LogP contribution in [0.25, 0.3) is 10.9 Å². The van der Waals surface area contributed by atoms with Crippen molar-refractivity contribution in [2.75, 3.05) is 19.7 Å². The molecular formula is C26H34N6O3. The van der Waals surface area contributed by atoms with Crippen LogP contribution in [0.15, 0.2) is 29.1 Å². The van der Waals surface area contributed by atoms with Crippen molar-refractivity contribution in [1.29, 1.82) is 0 Å². The van der Waals surface area contributed by atoms with Crippen LogP contribution < -0.4 is 5.56 Å². The number of nitrogens with one attached hydrogen (secondary N) is 1. The fraction of sp³-hybridized carbons (Fsp3) is 0.577. The second-order valence-electron chi connectivity index (χ2n) is 9.71. The van der Waals surface area contributed by atoms with E-state index in [0.717, 1.165) is 43.0 Å². The molecule has 186 valence electrons. The van der Waals surface area contributed by atoms with Gasteiger partial charge in [-0.3, -0.25) is 14.5 Å². The molecule has 5 rings (SSSR count). The number of hydrogen-bond acceptors (Lipinski definition) is 7. The second-order valence-corrected chi connectivity index (χ2v) is 9.71. The topological polar surface area (TPSA) is 106 Å². The summed E-state index contributed by atoms with van der Waals surface area (Å²) >= 11 is 0. The lowest BCUT2D eigenvalue weighted by molar-refractivity contribution is -0.149. The van der Waals surface area contributed by atoms with Crippen LogP contribution in [0.1, 0.15) is 81.4 Å². The first-order chi connectivity index (χ1) is 17.1. The molecule has 1 N–H and O–H groups in total. The number of piperidine rings is 1. The Morgan fingerprint density at radius 1 is 1.14 bits per heavy atom. The number of aryl methyl sites for hydroxylation is 1. The highest BCUT2D eigenvalue weighted by Crippen LogP contribution is 2.35. The molecule has 2 aliphatic rings. The highest BCUT2D eigenvalue weighted by Gasteiger charge is 2.36. The van der Waals surface area contributed by atoms with Crippen molar-refractivity contribution in [3.63, 3.8) is 0 Å². The normalized spacial score (nSPS) is 18.8. The Labute approximate surface area is 204 Å². The number of aromatic amines is 1. The van der Waals surface area contributed by atoms with E-state index in [1.165, 1.54) is 5.56 Å². The van der Waals surface area contributed by atoms with E-state index in [1.54, 1.807) is 0 Å². The predicted octanol–water partition coefficient (Wildman–Crippen LogP) is 3.56. The van der Waals surface area contributed by atoms with Crippen LogP contribution in [0.2, 0.25) is 0 Å². The molecule has 1 atom stereocenters. The number of aromatic nitrogens is 5. The first-order valence-electron chi connectivity index (χ1n) is 12.9. The lowest BCUT2D eigenvalue weighted by Crippen LogP contribution is -2.42. The summed E-state index contributed by atoms with van der Waals surface area (Å²) in [5.41, 5.74) is 2.57. The summed E-state index contributed by atoms with van der Waals surface area (Å²) < 4.78 is 7.21. The van der Waals surface area contributed by atoms with E-state index in [2.05, 4.69) is 44.5 Å². The summed E-state index contributed by atoms with van der Waals surface area (Å²) in [5, 5.41) is 13.9. The van der Waals surface area contributed by atoms with Gasteiger partial charge in [-0.25, -0.2) is 4.68 Å². The number of benzene rings is 1. The van der Waals surface area contributed by atoms with Gasteiger partial charge in [-0.05, 0) is 78.6 Å². The fourth-order valence-corrected chi connectivity index (χ4v) is 5.64. The molecule has 2 aromatic heterocycles. The number of carbonyl (C=O) groups is 1. The number of fused-ring (bicyclic) bond motifs is 1. The van der Waals surface area contributed by atoms with Crippen LogP contribution >= 0.6 is 0 Å². The van der Waals surface area contributed by atoms with Crippen LogP contribution in [0.3, 0.4) is 0 Å². The van der Waals surface area contributed by atoms with E-state index < -0.39 is 0 Å². The monoisotopic (exact) mass is 478 g/mol. The van der Waals surface area contributed by atoms with Crippen molar-refractivity contribution in [3.8, 4) is 0 Å². The Balaban J connectivity index is 1.55. The molecule has 1 saturated heterocycles. The highest BCUT2D eigenvalue weighted by molar-refractivity contribution is 5.80. The summed E-state index contributed by atoms with van der Waals surface area (Å²) in [6.45, 7) is 5.68. The Bertz CT molecular complexity index is 1240. The Kier molecular flexibility index (Phi) is 6.95. The Morgan fingerprint density at radius 2 is 1.91 bits per heavy atom. The van der Waals surface area contributed by atoms with Gasteiger partial charge in [0.2, 0.25) is 0 Å². The molecule has 1 aromatic carbocycles. The van der Waals surface area contributed by atoms with Crippen LogP contribution in [-0.2, 0) is 16.0 Å². The van der Waals surface area contributed by atoms with E-state index in [4.69, 9.17) is 4.74 Å². The molecule has 3 heterocycles. The van der Waals surface area contributed by atoms with Crippen LogP contribution in [0.5, 0.6) is 0 Å². The molecule has 2 fully saturated rings. The molecule has 3 aromatic rings. The number of H-pyrrole nitrogens is 1. The van der Waals surface area contributed by atoms with E-state index in [1.807, 2.05) is 23.7 Å². The Morgan fingerprint density at radius 3 is 2.63 bits per heavy atom. The minimum atomic E-state index is -0.382. The quantitative estimate of drug-likeness (QED) is 0.518. The van der Waals surface area contributed by atoms with Crippen molar-refractivity contribution in [1.82, 2.24) is 30.1 Å². The summed E-state index contributed by atoms with van der Waals surface area (Å²) in [7, 11) is 0. The maximum absolute atomic E-state index is 13.4. The zero-order chi connectivity index (χ0) is 24.4. The van der Waals surface area contributed by atoms with E-state index in [-0.39, 0.29) is 29.5 Å². The molecule has 1 unspecified atom stereocenters. The van der Waals surface area contributed by atoms with E-state index in [9.17, 15) is 9.59 Å². The zero-order valence-electron chi connectivity index (χ0n) is 20.6. The third-order valence-electron chi connectivity index (χ3n) is 7.59. The van der Waals surface area contributed by atoms with Gasteiger partial charge in [-0.2, -0.15) is 0 Å². The average Bonchev–Trinajstić information content (AvgIpc) is 3.57. The van der Waals surface area contributed by atoms with Gasteiger partial charge in [0, 0.05) is 24.2 Å². The lowest BCUT2D eigenvalue weighted by Gasteiger charge is -2.36. The van der Waals surface area contributed by atoms with Gasteiger partial charge in [0.1, 0.15) is 6.04 Å². The number of hydrogen-bond donors (Lipinski definition) is 1. The number of nitrogens with zero attached hydrogens (tertiary/aromatic N) is 5. The molecule has 0 spiro atoms. The standard InChI is InChI=1S/C26H34N6O3/c1-3-17-9-10-22-19(15-17)16-21(25(33)27-22)23(24-28-29-30-32(24)20-7-5-6-8-20)31-13-11-18(12-14-31)26(34)35-4-2/h9-10,15-16,18,20,23H,3-8,11-14H2,1-2H3,(H,27,33). The highest BCUT2D eigenvalue weighted by atomic mass is 16.5. The molecule has 1 saturated carbocycles. The smallest absolute Gasteiger partial charge is 0.309 e. The van der Waals surface area contributed by atoms with Gasteiger partial charge < -0.3 is 9.72 Å². The van der Waals surface area contributed by atoms with Crippen LogP contribution in [0.4, 0.5) is 0 Å². The average molecular weight is 479 g/mol. The predicted molar refractivity (Wildman–Crippen MR) is 132 cm³/mol. The van der Waals surface area contributed by atoms with Gasteiger partial charge >= 0.3 is 5.97 Å². The molecule has 9 heteroatoms. The van der Waals surface area contributed by atoms with E-state index >= 15 is 0 Å². The largest absolute Gasteiger partial charge is 0.466 e. The van der Waals surface area contributed by atoms with Crippen molar-refractivity contribution in [3.05, 3.63) is 51.6 Å². The molecule has 1 aliphatic heterocycles. The first kappa shape index (κ1) is 23.7. The first-order valence-corrected chi connectivity index (χ1v) is 12.9. The number of carbonyl (C=O) groups excluding carboxylic acids is 1. The molecule has 0 radical (unpaired) electrons. The molecule has 0 amide bonds. The second kappa shape index (κ2) is 10.3. The molecule has 0 bridgehead atoms. The third-order valence-corrected chi connectivity index (χ3v) is 7.59. The van der Waals surface area contributed by atoms with Gasteiger partial charge in [0.25, 0.3) is 5.56 Å². The molecule has 1 aliphatic carbocycles. The summed E-state index contributed by atoms with van der Waals surface area (Å²) in [5.74, 6) is 0.470. The van der Waals surface area contributed by atoms with Gasteiger partial charge in [0.05, 0.1) is 18.6 Å². The summed E-state index contributed by atoms with van der Waals surface area (Å²) in [4.78, 5) is 31.1. The number of likely N-dealkylation sites (tertiary alicyclic amines) is 1. The van der Waals surface area contributed by atoms with Crippen LogP contribution in [-0.4, -0.2) is 55.8 Å². The zero-order valence-corrected chi connectivity index (χ0v) is 20.6. The lowest BCUT2D eigenvalue weighted by atomic mass is 9.93. The number of tetrazole rings is 1. The van der Waals surface area contributed by atoms with Gasteiger partial charge in [-0.1, -0.05) is 25.8 Å². The number of ether oxygens (including phenoxy) is 1. The molecule has 35 heavy (non-hydrogen) atoms. The molecular weight excluding hydrogens is 444 g/mol. The maximum Gasteiger partial charge on any atom is 0.309 e. The minimum absolute atomic E-state index is 0.111. The minimum Gasteiger partial charge on any atom is -0.466 e. The fourth-order valence-electron chi connectivity index (χ4n) is 5.64. The SMILES string of the molecule is CCOC(=O)C1CCN(C(c2cc3cc(CC)ccc3[nH]c2=O)c2nnnn2C2CCCC2)CC1. The van der Waals surface area contributed by atoms with Crippen molar-refractivity contribution in [2.45, 2.75) is 70.9 Å². The maximum atomic E-state index is 13.4. The summed E-state index contributed by atoms with van der Waals surface area (Å²) in [6, 6.07) is 8.04. The van der Waals surface area contributed by atoms with Crippen LogP contribution in [0, 0.1) is 5.92 Å². The van der Waals surface area contributed by atoms with E-state index in [0.29, 0.717) is 43.9 Å².